The van der Waals surface area contributed by atoms with Crippen LogP contribution >= 0.6 is 0 Å². The molecule has 1 aliphatic heterocycles. The van der Waals surface area contributed by atoms with E-state index in [0.29, 0.717) is 12.5 Å². The van der Waals surface area contributed by atoms with Gasteiger partial charge in [-0.15, -0.1) is 0 Å². The average molecular weight is 315 g/mol. The van der Waals surface area contributed by atoms with Gasteiger partial charge in [-0.25, -0.2) is 4.39 Å². The minimum absolute atomic E-state index is 0.149. The molecule has 2 aromatic rings. The Bertz CT molecular complexity index is 633. The van der Waals surface area contributed by atoms with E-state index in [1.165, 1.54) is 18.7 Å². The highest BCUT2D eigenvalue weighted by Crippen LogP contribution is 2.33. The molecular formula is C19H22FNO2. The Morgan fingerprint density at radius 2 is 2.04 bits per heavy atom. The summed E-state index contributed by atoms with van der Waals surface area (Å²) in [6.07, 6.45) is 1.19. The monoisotopic (exact) mass is 315 g/mol. The zero-order valence-corrected chi connectivity index (χ0v) is 13.3. The molecule has 1 aliphatic rings. The zero-order chi connectivity index (χ0) is 16.1. The van der Waals surface area contributed by atoms with Crippen molar-refractivity contribution in [3.63, 3.8) is 0 Å². The Kier molecular flexibility index (Phi) is 5.26. The SMILES string of the molecule is COc1ccc(CNC[C@H]2CCO[C@@H]2c2ccccc2)cc1F. The molecule has 0 amide bonds. The van der Waals surface area contributed by atoms with Gasteiger partial charge in [0.2, 0.25) is 0 Å². The third-order valence-electron chi connectivity index (χ3n) is 4.29. The second-order valence-corrected chi connectivity index (χ2v) is 5.85. The molecule has 23 heavy (non-hydrogen) atoms. The predicted octanol–water partition coefficient (Wildman–Crippen LogP) is 3.70. The quantitative estimate of drug-likeness (QED) is 0.881. The molecule has 2 atom stereocenters. The Morgan fingerprint density at radius 3 is 2.78 bits per heavy atom. The summed E-state index contributed by atoms with van der Waals surface area (Å²) >= 11 is 0. The highest BCUT2D eigenvalue weighted by Gasteiger charge is 2.28. The van der Waals surface area contributed by atoms with Gasteiger partial charge in [0.1, 0.15) is 0 Å². The van der Waals surface area contributed by atoms with E-state index in [1.54, 1.807) is 6.07 Å². The molecule has 122 valence electrons. The third kappa shape index (κ3) is 3.89. The van der Waals surface area contributed by atoms with Crippen molar-refractivity contribution in [2.75, 3.05) is 20.3 Å². The fourth-order valence-electron chi connectivity index (χ4n) is 3.08. The normalized spacial score (nSPS) is 20.6. The Labute approximate surface area is 136 Å². The van der Waals surface area contributed by atoms with E-state index < -0.39 is 0 Å². The molecule has 0 aliphatic carbocycles. The van der Waals surface area contributed by atoms with Gasteiger partial charge in [-0.1, -0.05) is 36.4 Å². The smallest absolute Gasteiger partial charge is 0.165 e. The van der Waals surface area contributed by atoms with E-state index in [1.807, 2.05) is 24.3 Å². The number of benzene rings is 2. The van der Waals surface area contributed by atoms with Crippen LogP contribution in [-0.4, -0.2) is 20.3 Å². The highest BCUT2D eigenvalue weighted by molar-refractivity contribution is 5.29. The van der Waals surface area contributed by atoms with Crippen LogP contribution in [0, 0.1) is 11.7 Å². The van der Waals surface area contributed by atoms with Crippen molar-refractivity contribution in [1.82, 2.24) is 5.32 Å². The van der Waals surface area contributed by atoms with Crippen molar-refractivity contribution >= 4 is 0 Å². The largest absolute Gasteiger partial charge is 0.494 e. The molecule has 1 heterocycles. The van der Waals surface area contributed by atoms with Crippen molar-refractivity contribution < 1.29 is 13.9 Å². The topological polar surface area (TPSA) is 30.5 Å². The van der Waals surface area contributed by atoms with Crippen molar-refractivity contribution in [2.45, 2.75) is 19.1 Å². The molecule has 0 radical (unpaired) electrons. The Balaban J connectivity index is 1.55. The van der Waals surface area contributed by atoms with Crippen LogP contribution in [0.25, 0.3) is 0 Å². The van der Waals surface area contributed by atoms with Crippen LogP contribution < -0.4 is 10.1 Å². The molecule has 3 rings (SSSR count). The first-order chi connectivity index (χ1) is 11.3. The van der Waals surface area contributed by atoms with Crippen molar-refractivity contribution in [1.29, 1.82) is 0 Å². The summed E-state index contributed by atoms with van der Waals surface area (Å²) in [4.78, 5) is 0. The maximum atomic E-state index is 13.7. The number of nitrogens with one attached hydrogen (secondary N) is 1. The molecule has 1 fully saturated rings. The van der Waals surface area contributed by atoms with Crippen LogP contribution in [0.3, 0.4) is 0 Å². The second kappa shape index (κ2) is 7.57. The van der Waals surface area contributed by atoms with E-state index in [2.05, 4.69) is 17.4 Å². The van der Waals surface area contributed by atoms with Gasteiger partial charge in [-0.2, -0.15) is 0 Å². The molecule has 2 aromatic carbocycles. The fourth-order valence-corrected chi connectivity index (χ4v) is 3.08. The van der Waals surface area contributed by atoms with Crippen LogP contribution in [0.4, 0.5) is 4.39 Å². The summed E-state index contributed by atoms with van der Waals surface area (Å²) < 4.78 is 24.5. The first-order valence-corrected chi connectivity index (χ1v) is 7.97. The fraction of sp³-hybridized carbons (Fsp3) is 0.368. The molecule has 0 saturated carbocycles. The van der Waals surface area contributed by atoms with Gasteiger partial charge < -0.3 is 14.8 Å². The summed E-state index contributed by atoms with van der Waals surface area (Å²) in [5.74, 6) is 0.403. The number of ether oxygens (including phenoxy) is 2. The van der Waals surface area contributed by atoms with Crippen LogP contribution in [-0.2, 0) is 11.3 Å². The molecule has 0 aromatic heterocycles. The van der Waals surface area contributed by atoms with Crippen molar-refractivity contribution in [3.8, 4) is 5.75 Å². The second-order valence-electron chi connectivity index (χ2n) is 5.85. The van der Waals surface area contributed by atoms with Gasteiger partial charge in [0.25, 0.3) is 0 Å². The van der Waals surface area contributed by atoms with Crippen molar-refractivity contribution in [2.24, 2.45) is 5.92 Å². The number of hydrogen-bond acceptors (Lipinski definition) is 3. The predicted molar refractivity (Wildman–Crippen MR) is 87.9 cm³/mol. The molecule has 1 saturated heterocycles. The summed E-state index contributed by atoms with van der Waals surface area (Å²) in [6.45, 7) is 2.29. The molecule has 4 heteroatoms. The molecule has 0 unspecified atom stereocenters. The minimum Gasteiger partial charge on any atom is -0.494 e. The average Bonchev–Trinajstić information content (AvgIpc) is 3.04. The first-order valence-electron chi connectivity index (χ1n) is 7.97. The van der Waals surface area contributed by atoms with E-state index in [0.717, 1.165) is 25.1 Å². The van der Waals surface area contributed by atoms with Crippen LogP contribution in [0.15, 0.2) is 48.5 Å². The van der Waals surface area contributed by atoms with E-state index >= 15 is 0 Å². The zero-order valence-electron chi connectivity index (χ0n) is 13.3. The standard InChI is InChI=1S/C19H22FNO2/c1-22-18-8-7-14(11-17(18)20)12-21-13-16-9-10-23-19(16)15-5-3-2-4-6-15/h2-8,11,16,19,21H,9-10,12-13H2,1H3/t16-,19-/m1/s1. The van der Waals surface area contributed by atoms with Gasteiger partial charge in [-0.3, -0.25) is 0 Å². The highest BCUT2D eigenvalue weighted by atomic mass is 19.1. The maximum absolute atomic E-state index is 13.7. The molecule has 0 bridgehead atoms. The summed E-state index contributed by atoms with van der Waals surface area (Å²) in [5.41, 5.74) is 2.14. The first kappa shape index (κ1) is 16.0. The van der Waals surface area contributed by atoms with Gasteiger partial charge in [0.15, 0.2) is 11.6 Å². The van der Waals surface area contributed by atoms with Gasteiger partial charge in [0, 0.05) is 25.6 Å². The minimum atomic E-state index is -0.321. The number of hydrogen-bond donors (Lipinski definition) is 1. The molecule has 3 nitrogen and oxygen atoms in total. The van der Waals surface area contributed by atoms with Gasteiger partial charge in [0.05, 0.1) is 13.2 Å². The van der Waals surface area contributed by atoms with Crippen LogP contribution in [0.1, 0.15) is 23.7 Å². The maximum Gasteiger partial charge on any atom is 0.165 e. The lowest BCUT2D eigenvalue weighted by molar-refractivity contribution is 0.0904. The number of methoxy groups -OCH3 is 1. The lowest BCUT2D eigenvalue weighted by Gasteiger charge is -2.19. The van der Waals surface area contributed by atoms with Gasteiger partial charge in [-0.05, 0) is 29.7 Å². The summed E-state index contributed by atoms with van der Waals surface area (Å²) in [7, 11) is 1.47. The Hall–Kier alpha value is -1.91. The number of halogens is 1. The van der Waals surface area contributed by atoms with E-state index in [9.17, 15) is 4.39 Å². The lowest BCUT2D eigenvalue weighted by atomic mass is 9.95. The molecule has 1 N–H and O–H groups in total. The lowest BCUT2D eigenvalue weighted by Crippen LogP contribution is -2.24. The van der Waals surface area contributed by atoms with E-state index in [4.69, 9.17) is 9.47 Å². The summed E-state index contributed by atoms with van der Waals surface area (Å²) in [6, 6.07) is 15.4. The third-order valence-corrected chi connectivity index (χ3v) is 4.29. The van der Waals surface area contributed by atoms with E-state index in [-0.39, 0.29) is 17.7 Å². The van der Waals surface area contributed by atoms with Gasteiger partial charge >= 0.3 is 0 Å². The van der Waals surface area contributed by atoms with Crippen LogP contribution in [0.2, 0.25) is 0 Å². The van der Waals surface area contributed by atoms with Crippen LogP contribution in [0.5, 0.6) is 5.75 Å². The molecular weight excluding hydrogens is 293 g/mol. The molecule has 0 spiro atoms. The Morgan fingerprint density at radius 1 is 1.22 bits per heavy atom. The van der Waals surface area contributed by atoms with Crippen molar-refractivity contribution in [3.05, 3.63) is 65.5 Å². The number of rotatable bonds is 6. The summed E-state index contributed by atoms with van der Waals surface area (Å²) in [5, 5.41) is 3.42.